The summed E-state index contributed by atoms with van der Waals surface area (Å²) in [6.45, 7) is 1.26. The molecule has 2 rings (SSSR count). The van der Waals surface area contributed by atoms with Crippen molar-refractivity contribution in [2.45, 2.75) is 95.9 Å². The van der Waals surface area contributed by atoms with Gasteiger partial charge in [-0.2, -0.15) is 0 Å². The first-order chi connectivity index (χ1) is 9.95. The quantitative estimate of drug-likeness (QED) is 0.662. The second-order valence-electron chi connectivity index (χ2n) is 7.01. The first kappa shape index (κ1) is 16.1. The summed E-state index contributed by atoms with van der Waals surface area (Å²) in [6, 6.07) is 0.806. The fraction of sp³-hybridized carbons (Fsp3) is 0.895. The highest BCUT2D eigenvalue weighted by molar-refractivity contribution is 4.90. The zero-order chi connectivity index (χ0) is 13.9. The van der Waals surface area contributed by atoms with Crippen molar-refractivity contribution in [2.24, 2.45) is 5.92 Å². The third-order valence-corrected chi connectivity index (χ3v) is 5.18. The van der Waals surface area contributed by atoms with Crippen LogP contribution in [-0.2, 0) is 0 Å². The van der Waals surface area contributed by atoms with Crippen molar-refractivity contribution in [3.8, 4) is 0 Å². The van der Waals surface area contributed by atoms with E-state index in [-0.39, 0.29) is 0 Å². The largest absolute Gasteiger partial charge is 0.314 e. The number of hydrogen-bond donors (Lipinski definition) is 1. The van der Waals surface area contributed by atoms with E-state index < -0.39 is 0 Å². The van der Waals surface area contributed by atoms with Gasteiger partial charge in [-0.05, 0) is 44.6 Å². The van der Waals surface area contributed by atoms with Gasteiger partial charge >= 0.3 is 0 Å². The molecule has 1 unspecified atom stereocenters. The first-order valence-corrected chi connectivity index (χ1v) is 9.33. The Bertz CT molecular complexity index is 246. The van der Waals surface area contributed by atoms with Gasteiger partial charge in [0.15, 0.2) is 0 Å². The smallest absolute Gasteiger partial charge is 0.00671 e. The molecule has 1 saturated carbocycles. The van der Waals surface area contributed by atoms with Crippen molar-refractivity contribution in [3.05, 3.63) is 12.2 Å². The van der Waals surface area contributed by atoms with Crippen molar-refractivity contribution < 1.29 is 0 Å². The van der Waals surface area contributed by atoms with Gasteiger partial charge in [-0.15, -0.1) is 0 Å². The maximum absolute atomic E-state index is 3.91. The minimum atomic E-state index is 0.806. The Morgan fingerprint density at radius 2 is 1.30 bits per heavy atom. The zero-order valence-electron chi connectivity index (χ0n) is 13.4. The molecule has 0 bridgehead atoms. The fourth-order valence-corrected chi connectivity index (χ4v) is 3.74. The Morgan fingerprint density at radius 3 is 1.85 bits per heavy atom. The number of allylic oxidation sites excluding steroid dienone is 2. The summed E-state index contributed by atoms with van der Waals surface area (Å²) in [5.74, 6) is 0.904. The molecule has 0 aromatic carbocycles. The third kappa shape index (κ3) is 6.92. The van der Waals surface area contributed by atoms with Gasteiger partial charge in [0, 0.05) is 6.04 Å². The summed E-state index contributed by atoms with van der Waals surface area (Å²) in [7, 11) is 0. The number of hydrogen-bond acceptors (Lipinski definition) is 1. The molecular formula is C19H35N. The highest BCUT2D eigenvalue weighted by Gasteiger charge is 2.13. The van der Waals surface area contributed by atoms with Crippen LogP contribution in [0.4, 0.5) is 0 Å². The Kier molecular flexibility index (Phi) is 8.38. The lowest BCUT2D eigenvalue weighted by Gasteiger charge is -2.24. The van der Waals surface area contributed by atoms with Gasteiger partial charge in [-0.1, -0.05) is 69.9 Å². The molecule has 1 atom stereocenters. The topological polar surface area (TPSA) is 12.0 Å². The Labute approximate surface area is 126 Å². The maximum Gasteiger partial charge on any atom is 0.00671 e. The Hall–Kier alpha value is -0.300. The fourth-order valence-electron chi connectivity index (χ4n) is 3.74. The predicted octanol–water partition coefficient (Wildman–Crippen LogP) is 5.61. The van der Waals surface area contributed by atoms with Crippen LogP contribution in [0.5, 0.6) is 0 Å². The Balaban J connectivity index is 1.66. The standard InChI is InChI=1S/C19H35N/c1-2-4-6-11-15-19(16-12-7-5-3-1)20-17-18-13-9-8-10-14-18/h8-9,18-20H,1-7,10-17H2. The van der Waals surface area contributed by atoms with Gasteiger partial charge in [0.2, 0.25) is 0 Å². The summed E-state index contributed by atoms with van der Waals surface area (Å²) in [5.41, 5.74) is 0. The van der Waals surface area contributed by atoms with Crippen LogP contribution in [0.2, 0.25) is 0 Å². The van der Waals surface area contributed by atoms with Gasteiger partial charge in [0.05, 0.1) is 0 Å². The van der Waals surface area contributed by atoms with E-state index in [2.05, 4.69) is 17.5 Å². The lowest BCUT2D eigenvalue weighted by Crippen LogP contribution is -2.33. The molecule has 116 valence electrons. The van der Waals surface area contributed by atoms with Crippen molar-refractivity contribution >= 4 is 0 Å². The van der Waals surface area contributed by atoms with Crippen molar-refractivity contribution in [1.82, 2.24) is 5.32 Å². The van der Waals surface area contributed by atoms with Crippen molar-refractivity contribution in [2.75, 3.05) is 6.54 Å². The highest BCUT2D eigenvalue weighted by Crippen LogP contribution is 2.20. The molecule has 1 fully saturated rings. The molecule has 0 saturated heterocycles. The molecule has 0 spiro atoms. The van der Waals surface area contributed by atoms with E-state index >= 15 is 0 Å². The normalized spacial score (nSPS) is 27.7. The summed E-state index contributed by atoms with van der Waals surface area (Å²) in [5, 5.41) is 3.91. The van der Waals surface area contributed by atoms with Crippen LogP contribution in [0.25, 0.3) is 0 Å². The lowest BCUT2D eigenvalue weighted by atomic mass is 9.93. The van der Waals surface area contributed by atoms with Crippen LogP contribution < -0.4 is 5.32 Å². The molecule has 1 N–H and O–H groups in total. The van der Waals surface area contributed by atoms with Crippen molar-refractivity contribution in [3.63, 3.8) is 0 Å². The van der Waals surface area contributed by atoms with E-state index in [9.17, 15) is 0 Å². The molecule has 0 amide bonds. The van der Waals surface area contributed by atoms with Crippen molar-refractivity contribution in [1.29, 1.82) is 0 Å². The molecule has 0 aliphatic heterocycles. The van der Waals surface area contributed by atoms with Gasteiger partial charge in [-0.25, -0.2) is 0 Å². The van der Waals surface area contributed by atoms with Crippen LogP contribution in [0.15, 0.2) is 12.2 Å². The molecule has 1 heteroatoms. The van der Waals surface area contributed by atoms with Crippen LogP contribution in [0, 0.1) is 5.92 Å². The van der Waals surface area contributed by atoms with Crippen LogP contribution >= 0.6 is 0 Å². The molecule has 0 aromatic rings. The van der Waals surface area contributed by atoms with Gasteiger partial charge < -0.3 is 5.32 Å². The average Bonchev–Trinajstić information content (AvgIpc) is 2.48. The van der Waals surface area contributed by atoms with E-state index in [1.165, 1.54) is 96.4 Å². The van der Waals surface area contributed by atoms with E-state index in [0.29, 0.717) is 0 Å². The van der Waals surface area contributed by atoms with Gasteiger partial charge in [0.1, 0.15) is 0 Å². The molecule has 0 aromatic heterocycles. The van der Waals surface area contributed by atoms with Gasteiger partial charge in [-0.3, -0.25) is 0 Å². The summed E-state index contributed by atoms with van der Waals surface area (Å²) in [6.07, 6.45) is 24.8. The zero-order valence-corrected chi connectivity index (χ0v) is 13.4. The summed E-state index contributed by atoms with van der Waals surface area (Å²) in [4.78, 5) is 0. The maximum atomic E-state index is 3.91. The highest BCUT2D eigenvalue weighted by atomic mass is 14.9. The van der Waals surface area contributed by atoms with Crippen LogP contribution in [0.1, 0.15) is 89.9 Å². The van der Waals surface area contributed by atoms with Crippen LogP contribution in [-0.4, -0.2) is 12.6 Å². The second-order valence-corrected chi connectivity index (χ2v) is 7.01. The average molecular weight is 277 g/mol. The third-order valence-electron chi connectivity index (χ3n) is 5.18. The Morgan fingerprint density at radius 1 is 0.700 bits per heavy atom. The van der Waals surface area contributed by atoms with E-state index in [1.807, 2.05) is 0 Å². The molecule has 1 nitrogen and oxygen atoms in total. The molecule has 0 heterocycles. The molecule has 20 heavy (non-hydrogen) atoms. The van der Waals surface area contributed by atoms with Crippen LogP contribution in [0.3, 0.4) is 0 Å². The predicted molar refractivity (Wildman–Crippen MR) is 89.1 cm³/mol. The summed E-state index contributed by atoms with van der Waals surface area (Å²) >= 11 is 0. The lowest BCUT2D eigenvalue weighted by molar-refractivity contribution is 0.358. The SMILES string of the molecule is C1=CCC(CNC2CCCCCCCCCCC2)CC1. The number of nitrogens with one attached hydrogen (secondary N) is 1. The van der Waals surface area contributed by atoms with E-state index in [0.717, 1.165) is 12.0 Å². The monoisotopic (exact) mass is 277 g/mol. The van der Waals surface area contributed by atoms with Gasteiger partial charge in [0.25, 0.3) is 0 Å². The number of rotatable bonds is 3. The van der Waals surface area contributed by atoms with E-state index in [1.54, 1.807) is 0 Å². The molecule has 2 aliphatic rings. The second kappa shape index (κ2) is 10.4. The molecule has 0 radical (unpaired) electrons. The molecule has 2 aliphatic carbocycles. The minimum absolute atomic E-state index is 0.806. The van der Waals surface area contributed by atoms with E-state index in [4.69, 9.17) is 0 Å². The first-order valence-electron chi connectivity index (χ1n) is 9.33. The summed E-state index contributed by atoms with van der Waals surface area (Å²) < 4.78 is 0. The minimum Gasteiger partial charge on any atom is -0.314 e. The molecular weight excluding hydrogens is 242 g/mol.